The lowest BCUT2D eigenvalue weighted by Gasteiger charge is -2.37. The number of nitrogens with one attached hydrogen (secondary N) is 1. The van der Waals surface area contributed by atoms with Crippen LogP contribution in [0, 0.1) is 0 Å². The zero-order valence-electron chi connectivity index (χ0n) is 21.8. The fourth-order valence-electron chi connectivity index (χ4n) is 5.45. The highest BCUT2D eigenvalue weighted by Gasteiger charge is 2.58. The lowest BCUT2D eigenvalue weighted by Crippen LogP contribution is -2.51. The van der Waals surface area contributed by atoms with Crippen LogP contribution in [0.3, 0.4) is 0 Å². The third kappa shape index (κ3) is 4.56. The molecular formula is C28H36N4O4. The van der Waals surface area contributed by atoms with E-state index in [0.29, 0.717) is 24.4 Å². The molecule has 0 radical (unpaired) electrons. The minimum Gasteiger partial charge on any atom is -0.481 e. The van der Waals surface area contributed by atoms with Crippen molar-refractivity contribution in [3.63, 3.8) is 0 Å². The molecule has 2 aromatic rings. The van der Waals surface area contributed by atoms with E-state index in [0.717, 1.165) is 41.0 Å². The summed E-state index contributed by atoms with van der Waals surface area (Å²) in [6, 6.07) is 8.95. The Morgan fingerprint density at radius 3 is 2.19 bits per heavy atom. The summed E-state index contributed by atoms with van der Waals surface area (Å²) in [5.41, 5.74) is 2.39. The summed E-state index contributed by atoms with van der Waals surface area (Å²) in [5.74, 6) is 0.150. The molecule has 4 rings (SSSR count). The van der Waals surface area contributed by atoms with Gasteiger partial charge in [-0.2, -0.15) is 0 Å². The first-order chi connectivity index (χ1) is 17.2. The molecule has 8 nitrogen and oxygen atoms in total. The molecule has 2 aliphatic rings. The molecule has 1 aromatic carbocycles. The number of ether oxygens (including phenoxy) is 1. The summed E-state index contributed by atoms with van der Waals surface area (Å²) in [7, 11) is 1.53. The van der Waals surface area contributed by atoms with E-state index in [2.05, 4.69) is 38.0 Å². The topological polar surface area (TPSA) is 91.8 Å². The van der Waals surface area contributed by atoms with Crippen LogP contribution in [0.15, 0.2) is 36.5 Å². The molecule has 1 saturated carbocycles. The highest BCUT2D eigenvalue weighted by atomic mass is 16.5. The number of hydrogen-bond donors (Lipinski definition) is 1. The van der Waals surface area contributed by atoms with Crippen LogP contribution in [0.1, 0.15) is 82.8 Å². The van der Waals surface area contributed by atoms with Gasteiger partial charge in [0.05, 0.1) is 19.0 Å². The molecule has 1 spiro atoms. The molecule has 2 fully saturated rings. The first-order valence-corrected chi connectivity index (χ1v) is 12.8. The molecule has 0 atom stereocenters. The fraction of sp³-hybridized carbons (Fsp3) is 0.500. The molecule has 1 aromatic heterocycles. The van der Waals surface area contributed by atoms with Crippen molar-refractivity contribution in [3.8, 4) is 5.88 Å². The zero-order chi connectivity index (χ0) is 26.0. The van der Waals surface area contributed by atoms with Crippen molar-refractivity contribution in [2.75, 3.05) is 23.9 Å². The molecule has 1 saturated heterocycles. The van der Waals surface area contributed by atoms with Gasteiger partial charge in [-0.1, -0.05) is 65.2 Å². The predicted octanol–water partition coefficient (Wildman–Crippen LogP) is 5.45. The van der Waals surface area contributed by atoms with Crippen molar-refractivity contribution in [1.82, 2.24) is 9.88 Å². The number of rotatable bonds is 7. The molecule has 1 aliphatic carbocycles. The maximum absolute atomic E-state index is 13.8. The van der Waals surface area contributed by atoms with Gasteiger partial charge in [-0.15, -0.1) is 0 Å². The van der Waals surface area contributed by atoms with Crippen LogP contribution in [-0.4, -0.2) is 46.9 Å². The van der Waals surface area contributed by atoms with E-state index < -0.39 is 11.6 Å². The summed E-state index contributed by atoms with van der Waals surface area (Å²) in [4.78, 5) is 47.7. The van der Waals surface area contributed by atoms with Gasteiger partial charge in [0.25, 0.3) is 5.91 Å². The van der Waals surface area contributed by atoms with Crippen molar-refractivity contribution < 1.29 is 19.1 Å². The molecule has 36 heavy (non-hydrogen) atoms. The van der Waals surface area contributed by atoms with Crippen LogP contribution in [0.2, 0.25) is 0 Å². The van der Waals surface area contributed by atoms with Crippen molar-refractivity contribution in [1.29, 1.82) is 0 Å². The van der Waals surface area contributed by atoms with Crippen molar-refractivity contribution >= 4 is 29.2 Å². The number of carbonyl (C=O) groups is 3. The number of nitrogens with zero attached hydrogens (tertiary/aromatic N) is 3. The number of para-hydroxylation sites is 1. The van der Waals surface area contributed by atoms with Crippen LogP contribution in [-0.2, 0) is 9.59 Å². The fourth-order valence-corrected chi connectivity index (χ4v) is 5.45. The first-order valence-electron chi connectivity index (χ1n) is 12.8. The number of amides is 4. The molecule has 8 heteroatoms. The van der Waals surface area contributed by atoms with Crippen LogP contribution in [0.5, 0.6) is 5.88 Å². The second-order valence-corrected chi connectivity index (χ2v) is 10.3. The Labute approximate surface area is 213 Å². The maximum Gasteiger partial charge on any atom is 0.332 e. The second-order valence-electron chi connectivity index (χ2n) is 10.3. The zero-order valence-corrected chi connectivity index (χ0v) is 21.8. The Morgan fingerprint density at radius 1 is 1.03 bits per heavy atom. The number of carbonyl (C=O) groups excluding carboxylic acids is 3. The van der Waals surface area contributed by atoms with Gasteiger partial charge in [-0.05, 0) is 41.9 Å². The van der Waals surface area contributed by atoms with E-state index in [9.17, 15) is 14.4 Å². The molecule has 1 N–H and O–H groups in total. The van der Waals surface area contributed by atoms with E-state index in [1.165, 1.54) is 7.11 Å². The number of anilines is 2. The van der Waals surface area contributed by atoms with Crippen molar-refractivity contribution in [2.45, 2.75) is 77.2 Å². The van der Waals surface area contributed by atoms with E-state index in [1.807, 2.05) is 18.2 Å². The van der Waals surface area contributed by atoms with E-state index in [-0.39, 0.29) is 30.2 Å². The molecule has 0 bridgehead atoms. The van der Waals surface area contributed by atoms with Crippen molar-refractivity contribution in [2.24, 2.45) is 0 Å². The largest absolute Gasteiger partial charge is 0.481 e. The Bertz CT molecular complexity index is 1110. The molecule has 1 aliphatic heterocycles. The Balaban J connectivity index is 1.64. The average Bonchev–Trinajstić information content (AvgIpc) is 3.05. The summed E-state index contributed by atoms with van der Waals surface area (Å²) < 4.78 is 5.15. The van der Waals surface area contributed by atoms with Gasteiger partial charge in [-0.25, -0.2) is 9.78 Å². The van der Waals surface area contributed by atoms with Crippen LogP contribution in [0.25, 0.3) is 0 Å². The monoisotopic (exact) mass is 492 g/mol. The molecular weight excluding hydrogens is 456 g/mol. The van der Waals surface area contributed by atoms with Gasteiger partial charge in [0.2, 0.25) is 11.8 Å². The second kappa shape index (κ2) is 10.3. The number of hydrogen-bond acceptors (Lipinski definition) is 5. The molecule has 2 heterocycles. The summed E-state index contributed by atoms with van der Waals surface area (Å²) in [6.07, 6.45) is 5.39. The van der Waals surface area contributed by atoms with Gasteiger partial charge in [0.15, 0.2) is 0 Å². The van der Waals surface area contributed by atoms with Gasteiger partial charge >= 0.3 is 6.03 Å². The normalized spacial score (nSPS) is 17.4. The third-order valence-corrected chi connectivity index (χ3v) is 7.30. The Hall–Kier alpha value is -3.42. The van der Waals surface area contributed by atoms with E-state index >= 15 is 0 Å². The van der Waals surface area contributed by atoms with Gasteiger partial charge in [-0.3, -0.25) is 19.4 Å². The lowest BCUT2D eigenvalue weighted by molar-refractivity contribution is -0.134. The number of benzene rings is 1. The molecule has 0 unspecified atom stereocenters. The van der Waals surface area contributed by atoms with Gasteiger partial charge in [0.1, 0.15) is 12.1 Å². The van der Waals surface area contributed by atoms with Crippen LogP contribution >= 0.6 is 0 Å². The van der Waals surface area contributed by atoms with Crippen LogP contribution < -0.4 is 15.0 Å². The number of aromatic nitrogens is 1. The smallest absolute Gasteiger partial charge is 0.332 e. The van der Waals surface area contributed by atoms with E-state index in [4.69, 9.17) is 4.74 Å². The minimum absolute atomic E-state index is 0.206. The van der Waals surface area contributed by atoms with Gasteiger partial charge in [0, 0.05) is 11.8 Å². The Kier molecular flexibility index (Phi) is 7.33. The van der Waals surface area contributed by atoms with E-state index in [1.54, 1.807) is 23.2 Å². The highest BCUT2D eigenvalue weighted by Crippen LogP contribution is 2.43. The van der Waals surface area contributed by atoms with Gasteiger partial charge < -0.3 is 10.1 Å². The van der Waals surface area contributed by atoms with Crippen molar-refractivity contribution in [3.05, 3.63) is 47.7 Å². The maximum atomic E-state index is 13.8. The minimum atomic E-state index is -0.981. The number of urea groups is 1. The highest BCUT2D eigenvalue weighted by molar-refractivity contribution is 6.18. The molecule has 192 valence electrons. The summed E-state index contributed by atoms with van der Waals surface area (Å²) >= 11 is 0. The average molecular weight is 493 g/mol. The first kappa shape index (κ1) is 25.7. The SMILES string of the molecule is COc1ccc(N2C(=O)N(CC(=O)Nc3c(C(C)C)cccc3C(C)C)C(=O)C23CCCCC3)cn1. The standard InChI is InChI=1S/C28H36N4O4/c1-18(2)21-10-9-11-22(19(3)4)25(21)30-23(33)17-31-26(34)28(14-7-6-8-15-28)32(27(31)35)20-12-13-24(36-5)29-16-20/h9-13,16,18-19H,6-8,14-15,17H2,1-5H3,(H,30,33). The lowest BCUT2D eigenvalue weighted by atomic mass is 9.80. The van der Waals surface area contributed by atoms with Crippen LogP contribution in [0.4, 0.5) is 16.2 Å². The number of pyridine rings is 1. The number of methoxy groups -OCH3 is 1. The number of imide groups is 1. The quantitative estimate of drug-likeness (QED) is 0.519. The molecule has 4 amide bonds. The predicted molar refractivity (Wildman–Crippen MR) is 139 cm³/mol. The third-order valence-electron chi connectivity index (χ3n) is 7.30. The summed E-state index contributed by atoms with van der Waals surface area (Å²) in [5, 5.41) is 3.04. The summed E-state index contributed by atoms with van der Waals surface area (Å²) in [6.45, 7) is 7.99. The Morgan fingerprint density at radius 2 is 1.67 bits per heavy atom.